The standard InChI is InChI=1S/C28H33Cl2N3O5/c1-17(2)11-24(27(36)32-23(16-34)15-20-9-10-31-26(20)35)33-28(37)38-25(19-6-4-8-22(30)14-19)13-18-5-3-7-21(29)12-18/h3-8,12,14,16-17,20,23-25H,9-11,13,15H2,1-2H3,(H,31,35)(H,32,36)(H,33,37). The van der Waals surface area contributed by atoms with Crippen molar-refractivity contribution in [1.82, 2.24) is 16.0 Å². The number of hydrogen-bond acceptors (Lipinski definition) is 5. The van der Waals surface area contributed by atoms with E-state index in [1.165, 1.54) is 0 Å². The fourth-order valence-electron chi connectivity index (χ4n) is 4.43. The monoisotopic (exact) mass is 561 g/mol. The van der Waals surface area contributed by atoms with Crippen LogP contribution in [0.4, 0.5) is 4.79 Å². The number of halogens is 2. The van der Waals surface area contributed by atoms with E-state index in [0.717, 1.165) is 5.56 Å². The number of ether oxygens (including phenoxy) is 1. The number of nitrogens with one attached hydrogen (secondary N) is 3. The zero-order chi connectivity index (χ0) is 27.7. The van der Waals surface area contributed by atoms with E-state index >= 15 is 0 Å². The molecule has 0 aromatic heterocycles. The maximum absolute atomic E-state index is 13.1. The summed E-state index contributed by atoms with van der Waals surface area (Å²) in [6.07, 6.45) is 0.620. The van der Waals surface area contributed by atoms with Gasteiger partial charge in [0.05, 0.1) is 6.04 Å². The molecule has 4 unspecified atom stereocenters. The lowest BCUT2D eigenvalue weighted by atomic mass is 9.98. The van der Waals surface area contributed by atoms with Gasteiger partial charge in [0.1, 0.15) is 18.4 Å². The number of benzene rings is 2. The molecule has 3 rings (SSSR count). The van der Waals surface area contributed by atoms with Crippen LogP contribution >= 0.6 is 23.2 Å². The Labute approximate surface area is 232 Å². The van der Waals surface area contributed by atoms with E-state index in [4.69, 9.17) is 27.9 Å². The van der Waals surface area contributed by atoms with Gasteiger partial charge in [0.2, 0.25) is 11.8 Å². The van der Waals surface area contributed by atoms with Gasteiger partial charge in [-0.15, -0.1) is 0 Å². The van der Waals surface area contributed by atoms with Crippen molar-refractivity contribution in [1.29, 1.82) is 0 Å². The van der Waals surface area contributed by atoms with E-state index in [-0.39, 0.29) is 24.2 Å². The molecule has 3 amide bonds. The number of alkyl carbamates (subject to hydrolysis) is 1. The summed E-state index contributed by atoms with van der Waals surface area (Å²) >= 11 is 12.3. The summed E-state index contributed by atoms with van der Waals surface area (Å²) < 4.78 is 5.80. The van der Waals surface area contributed by atoms with Crippen LogP contribution in [-0.2, 0) is 25.5 Å². The molecular weight excluding hydrogens is 529 g/mol. The summed E-state index contributed by atoms with van der Waals surface area (Å²) in [7, 11) is 0. The van der Waals surface area contributed by atoms with Gasteiger partial charge in [0.15, 0.2) is 0 Å². The Morgan fingerprint density at radius 2 is 1.82 bits per heavy atom. The lowest BCUT2D eigenvalue weighted by molar-refractivity contribution is -0.127. The van der Waals surface area contributed by atoms with Gasteiger partial charge in [-0.3, -0.25) is 9.59 Å². The molecule has 0 radical (unpaired) electrons. The second-order valence-corrected chi connectivity index (χ2v) is 10.7. The Balaban J connectivity index is 1.71. The van der Waals surface area contributed by atoms with Crippen LogP contribution in [0.5, 0.6) is 0 Å². The van der Waals surface area contributed by atoms with E-state index in [0.29, 0.717) is 47.7 Å². The highest BCUT2D eigenvalue weighted by atomic mass is 35.5. The quantitative estimate of drug-likeness (QED) is 0.327. The van der Waals surface area contributed by atoms with E-state index < -0.39 is 30.2 Å². The fraction of sp³-hybridized carbons (Fsp3) is 0.429. The summed E-state index contributed by atoms with van der Waals surface area (Å²) in [5.74, 6) is -0.910. The fourth-order valence-corrected chi connectivity index (χ4v) is 4.84. The first-order chi connectivity index (χ1) is 18.1. The van der Waals surface area contributed by atoms with E-state index in [1.807, 2.05) is 26.0 Å². The van der Waals surface area contributed by atoms with Crippen LogP contribution < -0.4 is 16.0 Å². The van der Waals surface area contributed by atoms with Crippen LogP contribution in [0.15, 0.2) is 48.5 Å². The zero-order valence-electron chi connectivity index (χ0n) is 21.4. The third kappa shape index (κ3) is 9.03. The lowest BCUT2D eigenvalue weighted by Crippen LogP contribution is -2.51. The van der Waals surface area contributed by atoms with Crippen molar-refractivity contribution in [3.8, 4) is 0 Å². The van der Waals surface area contributed by atoms with Gasteiger partial charge in [0.25, 0.3) is 0 Å². The largest absolute Gasteiger partial charge is 0.441 e. The van der Waals surface area contributed by atoms with E-state index in [2.05, 4.69) is 16.0 Å². The number of aldehydes is 1. The molecular formula is C28H33Cl2N3O5. The number of amides is 3. The molecule has 0 spiro atoms. The highest BCUT2D eigenvalue weighted by Crippen LogP contribution is 2.26. The molecule has 1 saturated heterocycles. The normalized spacial score (nSPS) is 17.3. The molecule has 204 valence electrons. The maximum Gasteiger partial charge on any atom is 0.408 e. The second-order valence-electron chi connectivity index (χ2n) is 9.87. The Morgan fingerprint density at radius 3 is 2.42 bits per heavy atom. The van der Waals surface area contributed by atoms with Gasteiger partial charge in [-0.25, -0.2) is 4.79 Å². The Bertz CT molecular complexity index is 1140. The Hall–Kier alpha value is -3.10. The first kappa shape index (κ1) is 29.5. The predicted molar refractivity (Wildman–Crippen MR) is 146 cm³/mol. The third-order valence-corrected chi connectivity index (χ3v) is 6.76. The van der Waals surface area contributed by atoms with Gasteiger partial charge >= 0.3 is 6.09 Å². The molecule has 3 N–H and O–H groups in total. The average Bonchev–Trinajstić information content (AvgIpc) is 3.26. The van der Waals surface area contributed by atoms with Crippen LogP contribution in [0.2, 0.25) is 10.0 Å². The van der Waals surface area contributed by atoms with Crippen LogP contribution in [-0.4, -0.2) is 42.8 Å². The first-order valence-electron chi connectivity index (χ1n) is 12.6. The van der Waals surface area contributed by atoms with Gasteiger partial charge in [-0.05, 0) is 60.6 Å². The molecule has 0 saturated carbocycles. The van der Waals surface area contributed by atoms with Crippen molar-refractivity contribution in [2.75, 3.05) is 6.54 Å². The molecule has 1 aliphatic heterocycles. The summed E-state index contributed by atoms with van der Waals surface area (Å²) in [5, 5.41) is 9.12. The molecule has 1 aliphatic rings. The van der Waals surface area contributed by atoms with E-state index in [1.54, 1.807) is 36.4 Å². The van der Waals surface area contributed by atoms with E-state index in [9.17, 15) is 19.2 Å². The molecule has 10 heteroatoms. The zero-order valence-corrected chi connectivity index (χ0v) is 22.9. The van der Waals surface area contributed by atoms with Crippen molar-refractivity contribution in [2.24, 2.45) is 11.8 Å². The molecule has 2 aromatic rings. The molecule has 1 heterocycles. The molecule has 2 aromatic carbocycles. The van der Waals surface area contributed by atoms with Crippen LogP contribution in [0.3, 0.4) is 0 Å². The van der Waals surface area contributed by atoms with Crippen LogP contribution in [0.25, 0.3) is 0 Å². The number of hydrogen-bond donors (Lipinski definition) is 3. The summed E-state index contributed by atoms with van der Waals surface area (Å²) in [4.78, 5) is 49.7. The molecule has 8 nitrogen and oxygen atoms in total. The topological polar surface area (TPSA) is 114 Å². The SMILES string of the molecule is CC(C)CC(NC(=O)OC(Cc1cccc(Cl)c1)c1cccc(Cl)c1)C(=O)NC(C=O)CC1CCNC1=O. The highest BCUT2D eigenvalue weighted by molar-refractivity contribution is 6.30. The molecule has 0 bridgehead atoms. The Morgan fingerprint density at radius 1 is 1.11 bits per heavy atom. The minimum atomic E-state index is -0.937. The third-order valence-electron chi connectivity index (χ3n) is 6.29. The van der Waals surface area contributed by atoms with Crippen molar-refractivity contribution in [2.45, 2.75) is 57.7 Å². The van der Waals surface area contributed by atoms with Crippen molar-refractivity contribution >= 4 is 47.4 Å². The molecule has 4 atom stereocenters. The summed E-state index contributed by atoms with van der Waals surface area (Å²) in [6.45, 7) is 4.39. The van der Waals surface area contributed by atoms with Gasteiger partial charge in [-0.2, -0.15) is 0 Å². The van der Waals surface area contributed by atoms with Gasteiger partial charge < -0.3 is 25.5 Å². The minimum Gasteiger partial charge on any atom is -0.441 e. The van der Waals surface area contributed by atoms with Gasteiger partial charge in [0, 0.05) is 28.9 Å². The first-order valence-corrected chi connectivity index (χ1v) is 13.4. The number of rotatable bonds is 12. The smallest absolute Gasteiger partial charge is 0.408 e. The maximum atomic E-state index is 13.1. The predicted octanol–water partition coefficient (Wildman–Crippen LogP) is 4.63. The molecule has 1 fully saturated rings. The summed E-state index contributed by atoms with van der Waals surface area (Å²) in [6, 6.07) is 12.5. The second kappa shape index (κ2) is 14.2. The van der Waals surface area contributed by atoms with Crippen molar-refractivity contribution in [3.05, 3.63) is 69.7 Å². The van der Waals surface area contributed by atoms with Crippen LogP contribution in [0, 0.1) is 11.8 Å². The lowest BCUT2D eigenvalue weighted by Gasteiger charge is -2.25. The van der Waals surface area contributed by atoms with Crippen LogP contribution in [0.1, 0.15) is 50.3 Å². The minimum absolute atomic E-state index is 0.0662. The van der Waals surface area contributed by atoms with Gasteiger partial charge in [-0.1, -0.05) is 61.3 Å². The molecule has 38 heavy (non-hydrogen) atoms. The highest BCUT2D eigenvalue weighted by Gasteiger charge is 2.30. The molecule has 0 aliphatic carbocycles. The number of carbonyl (C=O) groups excluding carboxylic acids is 4. The Kier molecular flexibility index (Phi) is 11.0. The number of carbonyl (C=O) groups is 4. The van der Waals surface area contributed by atoms with Crippen molar-refractivity contribution < 1.29 is 23.9 Å². The van der Waals surface area contributed by atoms with Crippen molar-refractivity contribution in [3.63, 3.8) is 0 Å². The summed E-state index contributed by atoms with van der Waals surface area (Å²) in [5.41, 5.74) is 1.55. The average molecular weight is 562 g/mol.